The fourth-order valence-electron chi connectivity index (χ4n) is 4.03. The van der Waals surface area contributed by atoms with E-state index in [2.05, 4.69) is 25.2 Å². The maximum Gasteiger partial charge on any atom is 0.109 e. The van der Waals surface area contributed by atoms with Crippen LogP contribution < -0.4 is 5.32 Å². The van der Waals surface area contributed by atoms with Crippen molar-refractivity contribution in [2.24, 2.45) is 17.8 Å². The van der Waals surface area contributed by atoms with E-state index < -0.39 is 0 Å². The Bertz CT molecular complexity index is 351. The van der Waals surface area contributed by atoms with Crippen molar-refractivity contribution in [2.75, 3.05) is 13.7 Å². The van der Waals surface area contributed by atoms with Gasteiger partial charge in [-0.25, -0.2) is 0 Å². The van der Waals surface area contributed by atoms with Crippen LogP contribution in [0, 0.1) is 29.1 Å². The maximum atomic E-state index is 9.45. The predicted molar refractivity (Wildman–Crippen MR) is 81.3 cm³/mol. The zero-order valence-corrected chi connectivity index (χ0v) is 13.3. The van der Waals surface area contributed by atoms with Gasteiger partial charge in [-0.3, -0.25) is 0 Å². The molecule has 0 amide bonds. The summed E-state index contributed by atoms with van der Waals surface area (Å²) in [5.74, 6) is 2.09. The predicted octanol–water partition coefficient (Wildman–Crippen LogP) is 3.50. The second-order valence-electron chi connectivity index (χ2n) is 6.97. The van der Waals surface area contributed by atoms with Gasteiger partial charge < -0.3 is 10.1 Å². The van der Waals surface area contributed by atoms with Gasteiger partial charge in [0.05, 0.1) is 12.2 Å². The largest absolute Gasteiger partial charge is 0.378 e. The van der Waals surface area contributed by atoms with Gasteiger partial charge in [0.2, 0.25) is 0 Å². The van der Waals surface area contributed by atoms with Gasteiger partial charge in [0, 0.05) is 6.61 Å². The number of nitrogens with one attached hydrogen (secondary N) is 1. The van der Waals surface area contributed by atoms with Crippen molar-refractivity contribution in [3.63, 3.8) is 0 Å². The van der Waals surface area contributed by atoms with Crippen LogP contribution in [0.4, 0.5) is 0 Å². The monoisotopic (exact) mass is 278 g/mol. The number of hydrogen-bond donors (Lipinski definition) is 1. The van der Waals surface area contributed by atoms with Gasteiger partial charge in [0.25, 0.3) is 0 Å². The SMILES string of the molecule is CNC1(C#N)CCCC1CCOC1CCC(C)C(C)C1. The molecule has 2 saturated carbocycles. The Morgan fingerprint density at radius 1 is 1.25 bits per heavy atom. The van der Waals surface area contributed by atoms with Gasteiger partial charge >= 0.3 is 0 Å². The number of nitrogens with zero attached hydrogens (tertiary/aromatic N) is 1. The van der Waals surface area contributed by atoms with E-state index in [1.165, 1.54) is 19.3 Å². The summed E-state index contributed by atoms with van der Waals surface area (Å²) in [6.07, 6.45) is 8.51. The fourth-order valence-corrected chi connectivity index (χ4v) is 4.03. The maximum absolute atomic E-state index is 9.45. The molecule has 0 aromatic rings. The van der Waals surface area contributed by atoms with Crippen molar-refractivity contribution in [2.45, 2.75) is 70.4 Å². The van der Waals surface area contributed by atoms with E-state index >= 15 is 0 Å². The lowest BCUT2D eigenvalue weighted by Crippen LogP contribution is -2.45. The van der Waals surface area contributed by atoms with Gasteiger partial charge in [0.15, 0.2) is 0 Å². The zero-order chi connectivity index (χ0) is 14.6. The van der Waals surface area contributed by atoms with Crippen LogP contribution in [0.5, 0.6) is 0 Å². The first kappa shape index (κ1) is 15.8. The molecule has 5 unspecified atom stereocenters. The molecule has 114 valence electrons. The van der Waals surface area contributed by atoms with Crippen molar-refractivity contribution in [1.29, 1.82) is 5.26 Å². The van der Waals surface area contributed by atoms with E-state index in [1.54, 1.807) is 0 Å². The van der Waals surface area contributed by atoms with Crippen LogP contribution in [0.3, 0.4) is 0 Å². The molecule has 2 aliphatic carbocycles. The van der Waals surface area contributed by atoms with Crippen LogP contribution in [0.2, 0.25) is 0 Å². The van der Waals surface area contributed by atoms with E-state index in [4.69, 9.17) is 4.74 Å². The van der Waals surface area contributed by atoms with E-state index in [0.717, 1.165) is 44.1 Å². The van der Waals surface area contributed by atoms with Crippen molar-refractivity contribution >= 4 is 0 Å². The number of rotatable bonds is 5. The molecule has 0 aromatic carbocycles. The Balaban J connectivity index is 1.75. The summed E-state index contributed by atoms with van der Waals surface area (Å²) in [6, 6.07) is 2.51. The minimum atomic E-state index is -0.294. The highest BCUT2D eigenvalue weighted by molar-refractivity contribution is 5.13. The molecule has 2 rings (SSSR count). The van der Waals surface area contributed by atoms with Crippen molar-refractivity contribution in [1.82, 2.24) is 5.32 Å². The summed E-state index contributed by atoms with van der Waals surface area (Å²) in [5.41, 5.74) is -0.294. The third kappa shape index (κ3) is 3.35. The number of nitriles is 1. The molecule has 0 spiro atoms. The quantitative estimate of drug-likeness (QED) is 0.837. The van der Waals surface area contributed by atoms with E-state index in [9.17, 15) is 5.26 Å². The molecule has 0 aromatic heterocycles. The van der Waals surface area contributed by atoms with Crippen LogP contribution in [0.1, 0.15) is 58.8 Å². The van der Waals surface area contributed by atoms with Crippen LogP contribution in [0.15, 0.2) is 0 Å². The summed E-state index contributed by atoms with van der Waals surface area (Å²) in [6.45, 7) is 5.52. The minimum Gasteiger partial charge on any atom is -0.378 e. The molecule has 2 fully saturated rings. The first-order valence-corrected chi connectivity index (χ1v) is 8.33. The van der Waals surface area contributed by atoms with Gasteiger partial charge in [-0.1, -0.05) is 20.3 Å². The standard InChI is InChI=1S/C17H30N2O/c1-13-6-7-16(11-14(13)2)20-10-8-15-5-4-9-17(15,12-18)19-3/h13-16,19H,4-11H2,1-3H3. The Kier molecular flexibility index (Phi) is 5.46. The van der Waals surface area contributed by atoms with Gasteiger partial charge in [-0.15, -0.1) is 0 Å². The van der Waals surface area contributed by atoms with Crippen LogP contribution in [0.25, 0.3) is 0 Å². The second-order valence-corrected chi connectivity index (χ2v) is 6.97. The second kappa shape index (κ2) is 6.91. The van der Waals surface area contributed by atoms with Crippen LogP contribution >= 0.6 is 0 Å². The highest BCUT2D eigenvalue weighted by atomic mass is 16.5. The molecule has 3 heteroatoms. The van der Waals surface area contributed by atoms with Crippen LogP contribution in [-0.4, -0.2) is 25.3 Å². The summed E-state index contributed by atoms with van der Waals surface area (Å²) in [5, 5.41) is 12.7. The van der Waals surface area contributed by atoms with Gasteiger partial charge in [-0.2, -0.15) is 5.26 Å². The van der Waals surface area contributed by atoms with Gasteiger partial charge in [-0.05, 0) is 63.3 Å². The Hall–Kier alpha value is -0.590. The average molecular weight is 278 g/mol. The molecule has 2 aliphatic rings. The smallest absolute Gasteiger partial charge is 0.109 e. The summed E-state index contributed by atoms with van der Waals surface area (Å²) >= 11 is 0. The lowest BCUT2D eigenvalue weighted by Gasteiger charge is -2.33. The minimum absolute atomic E-state index is 0.294. The molecule has 3 nitrogen and oxygen atoms in total. The van der Waals surface area contributed by atoms with Crippen LogP contribution in [-0.2, 0) is 4.74 Å². The molecule has 5 atom stereocenters. The lowest BCUT2D eigenvalue weighted by atomic mass is 9.80. The summed E-state index contributed by atoms with van der Waals surface area (Å²) in [4.78, 5) is 0. The first-order valence-electron chi connectivity index (χ1n) is 8.33. The molecule has 0 aliphatic heterocycles. The Labute approximate surface area is 124 Å². The molecule has 20 heavy (non-hydrogen) atoms. The Morgan fingerprint density at radius 2 is 2.05 bits per heavy atom. The van der Waals surface area contributed by atoms with Crippen molar-refractivity contribution in [3.05, 3.63) is 0 Å². The van der Waals surface area contributed by atoms with E-state index in [0.29, 0.717) is 12.0 Å². The van der Waals surface area contributed by atoms with Crippen molar-refractivity contribution < 1.29 is 4.74 Å². The highest BCUT2D eigenvalue weighted by Crippen LogP contribution is 2.37. The first-order chi connectivity index (χ1) is 9.61. The number of hydrogen-bond acceptors (Lipinski definition) is 3. The third-order valence-corrected chi connectivity index (χ3v) is 5.84. The van der Waals surface area contributed by atoms with E-state index in [-0.39, 0.29) is 5.54 Å². The molecule has 1 N–H and O–H groups in total. The summed E-state index contributed by atoms with van der Waals surface area (Å²) in [7, 11) is 1.92. The lowest BCUT2D eigenvalue weighted by molar-refractivity contribution is -0.00484. The molecule has 0 saturated heterocycles. The van der Waals surface area contributed by atoms with E-state index in [1.807, 2.05) is 7.05 Å². The van der Waals surface area contributed by atoms with Gasteiger partial charge in [0.1, 0.15) is 5.54 Å². The molecule has 0 heterocycles. The molecular weight excluding hydrogens is 248 g/mol. The Morgan fingerprint density at radius 3 is 2.70 bits per heavy atom. The number of ether oxygens (including phenoxy) is 1. The normalized spacial score (nSPS) is 41.5. The molecular formula is C17H30N2O. The van der Waals surface area contributed by atoms with Crippen molar-refractivity contribution in [3.8, 4) is 6.07 Å². The average Bonchev–Trinajstić information content (AvgIpc) is 2.86. The fraction of sp³-hybridized carbons (Fsp3) is 0.941. The zero-order valence-electron chi connectivity index (χ0n) is 13.3. The summed E-state index contributed by atoms with van der Waals surface area (Å²) < 4.78 is 6.11. The topological polar surface area (TPSA) is 45.0 Å². The molecule has 0 radical (unpaired) electrons. The molecule has 0 bridgehead atoms. The third-order valence-electron chi connectivity index (χ3n) is 5.84. The highest BCUT2D eigenvalue weighted by Gasteiger charge is 2.41.